The van der Waals surface area contributed by atoms with Gasteiger partial charge in [0.25, 0.3) is 5.91 Å². The Bertz CT molecular complexity index is 499. The minimum absolute atomic E-state index is 0.179. The second kappa shape index (κ2) is 7.94. The molecule has 0 aliphatic carbocycles. The number of likely N-dealkylation sites (tertiary alicyclic amines) is 1. The fourth-order valence-electron chi connectivity index (χ4n) is 2.26. The second-order valence-electron chi connectivity index (χ2n) is 4.94. The largest absolute Gasteiger partial charge is 0.382 e. The fourth-order valence-corrected chi connectivity index (χ4v) is 2.60. The molecule has 5 nitrogen and oxygen atoms in total. The van der Waals surface area contributed by atoms with Gasteiger partial charge in [-0.25, -0.2) is 4.98 Å². The van der Waals surface area contributed by atoms with E-state index in [0.29, 0.717) is 43.9 Å². The van der Waals surface area contributed by atoms with Gasteiger partial charge >= 0.3 is 0 Å². The zero-order chi connectivity index (χ0) is 15.2. The summed E-state index contributed by atoms with van der Waals surface area (Å²) in [6.07, 6.45) is 0.914. The lowest BCUT2D eigenvalue weighted by molar-refractivity contribution is 0.0515. The minimum Gasteiger partial charge on any atom is -0.382 e. The molecule has 1 amide bonds. The van der Waals surface area contributed by atoms with Crippen LogP contribution in [0.2, 0.25) is 10.2 Å². The van der Waals surface area contributed by atoms with Gasteiger partial charge in [-0.1, -0.05) is 23.2 Å². The third kappa shape index (κ3) is 4.54. The second-order valence-corrected chi connectivity index (χ2v) is 5.73. The van der Waals surface area contributed by atoms with Gasteiger partial charge in [0, 0.05) is 26.1 Å². The number of carbonyl (C=O) groups is 1. The van der Waals surface area contributed by atoms with Crippen LogP contribution < -0.4 is 0 Å². The molecule has 1 aliphatic heterocycles. The van der Waals surface area contributed by atoms with Gasteiger partial charge < -0.3 is 14.4 Å². The number of amides is 1. The molecule has 116 valence electrons. The minimum atomic E-state index is -0.179. The van der Waals surface area contributed by atoms with Gasteiger partial charge in [-0.2, -0.15) is 0 Å². The molecule has 1 saturated heterocycles. The van der Waals surface area contributed by atoms with Crippen LogP contribution in [0.25, 0.3) is 0 Å². The van der Waals surface area contributed by atoms with E-state index in [4.69, 9.17) is 32.7 Å². The highest BCUT2D eigenvalue weighted by molar-refractivity contribution is 6.34. The number of ether oxygens (including phenoxy) is 2. The predicted molar refractivity (Wildman–Crippen MR) is 81.0 cm³/mol. The van der Waals surface area contributed by atoms with Crippen LogP contribution in [0, 0.1) is 5.92 Å². The van der Waals surface area contributed by atoms with Crippen molar-refractivity contribution in [3.05, 3.63) is 28.0 Å². The summed E-state index contributed by atoms with van der Waals surface area (Å²) in [6.45, 7) is 3.11. The van der Waals surface area contributed by atoms with Crippen LogP contribution >= 0.6 is 23.2 Å². The van der Waals surface area contributed by atoms with E-state index in [2.05, 4.69) is 4.98 Å². The molecule has 0 radical (unpaired) electrons. The zero-order valence-electron chi connectivity index (χ0n) is 11.8. The predicted octanol–water partition coefficient (Wildman–Crippen LogP) is 2.51. The third-order valence-electron chi connectivity index (χ3n) is 3.37. The van der Waals surface area contributed by atoms with Crippen molar-refractivity contribution in [2.75, 3.05) is 40.0 Å². The average molecular weight is 333 g/mol. The van der Waals surface area contributed by atoms with E-state index in [1.165, 1.54) is 0 Å². The molecule has 7 heteroatoms. The van der Waals surface area contributed by atoms with Crippen LogP contribution in [0.4, 0.5) is 0 Å². The Morgan fingerprint density at radius 2 is 2.24 bits per heavy atom. The van der Waals surface area contributed by atoms with Crippen LogP contribution in [-0.4, -0.2) is 55.8 Å². The molecule has 2 heterocycles. The number of methoxy groups -OCH3 is 1. The van der Waals surface area contributed by atoms with Crippen LogP contribution in [0.1, 0.15) is 16.9 Å². The van der Waals surface area contributed by atoms with Crippen LogP contribution in [0.3, 0.4) is 0 Å². The summed E-state index contributed by atoms with van der Waals surface area (Å²) in [5, 5.41) is 0.589. The van der Waals surface area contributed by atoms with E-state index in [-0.39, 0.29) is 16.8 Å². The Morgan fingerprint density at radius 1 is 1.43 bits per heavy atom. The van der Waals surface area contributed by atoms with Gasteiger partial charge in [0.15, 0.2) is 0 Å². The highest BCUT2D eigenvalue weighted by Crippen LogP contribution is 2.23. The first-order valence-electron chi connectivity index (χ1n) is 6.80. The van der Waals surface area contributed by atoms with E-state index in [1.807, 2.05) is 0 Å². The van der Waals surface area contributed by atoms with E-state index in [9.17, 15) is 4.79 Å². The Balaban J connectivity index is 1.88. The van der Waals surface area contributed by atoms with Crippen molar-refractivity contribution >= 4 is 29.1 Å². The van der Waals surface area contributed by atoms with Gasteiger partial charge in [-0.15, -0.1) is 0 Å². The zero-order valence-corrected chi connectivity index (χ0v) is 13.4. The molecule has 0 N–H and O–H groups in total. The Hall–Kier alpha value is -0.880. The topological polar surface area (TPSA) is 51.7 Å². The highest BCUT2D eigenvalue weighted by atomic mass is 35.5. The van der Waals surface area contributed by atoms with E-state index in [1.54, 1.807) is 24.1 Å². The standard InChI is InChI=1S/C14H18Cl2N2O3/c1-20-6-7-21-9-10-4-5-18(8-10)14(19)13-11(15)2-3-12(16)17-13/h2-3,10H,4-9H2,1H3/t10-/m1/s1. The molecule has 1 aromatic heterocycles. The molecule has 2 rings (SSSR count). The van der Waals surface area contributed by atoms with E-state index < -0.39 is 0 Å². The lowest BCUT2D eigenvalue weighted by atomic mass is 10.1. The maximum absolute atomic E-state index is 12.4. The molecule has 0 saturated carbocycles. The Labute approximate surface area is 134 Å². The SMILES string of the molecule is COCCOC[C@@H]1CCN(C(=O)c2nc(Cl)ccc2Cl)C1. The molecular weight excluding hydrogens is 315 g/mol. The third-order valence-corrected chi connectivity index (χ3v) is 3.89. The van der Waals surface area contributed by atoms with E-state index >= 15 is 0 Å². The van der Waals surface area contributed by atoms with Crippen molar-refractivity contribution in [2.45, 2.75) is 6.42 Å². The summed E-state index contributed by atoms with van der Waals surface area (Å²) in [7, 11) is 1.64. The van der Waals surface area contributed by atoms with Crippen molar-refractivity contribution in [3.8, 4) is 0 Å². The van der Waals surface area contributed by atoms with Gasteiger partial charge in [-0.3, -0.25) is 4.79 Å². The molecule has 1 aromatic rings. The first kappa shape index (κ1) is 16.5. The first-order valence-corrected chi connectivity index (χ1v) is 7.55. The fraction of sp³-hybridized carbons (Fsp3) is 0.571. The number of hydrogen-bond donors (Lipinski definition) is 0. The smallest absolute Gasteiger partial charge is 0.274 e. The van der Waals surface area contributed by atoms with Crippen molar-refractivity contribution in [1.82, 2.24) is 9.88 Å². The molecular formula is C14H18Cl2N2O3. The summed E-state index contributed by atoms with van der Waals surface area (Å²) in [6, 6.07) is 3.16. The first-order chi connectivity index (χ1) is 10.1. The number of aromatic nitrogens is 1. The molecule has 21 heavy (non-hydrogen) atoms. The van der Waals surface area contributed by atoms with Crippen LogP contribution in [0.15, 0.2) is 12.1 Å². The number of pyridine rings is 1. The number of rotatable bonds is 6. The monoisotopic (exact) mass is 332 g/mol. The quantitative estimate of drug-likeness (QED) is 0.593. The van der Waals surface area contributed by atoms with Crippen LogP contribution in [-0.2, 0) is 9.47 Å². The lowest BCUT2D eigenvalue weighted by Crippen LogP contribution is -2.30. The number of halogens is 2. The van der Waals surface area contributed by atoms with Gasteiger partial charge in [0.2, 0.25) is 0 Å². The maximum atomic E-state index is 12.4. The van der Waals surface area contributed by atoms with Gasteiger partial charge in [0.05, 0.1) is 24.8 Å². The van der Waals surface area contributed by atoms with Crippen LogP contribution in [0.5, 0.6) is 0 Å². The molecule has 1 aliphatic rings. The van der Waals surface area contributed by atoms with Gasteiger partial charge in [0.1, 0.15) is 10.8 Å². The summed E-state index contributed by atoms with van der Waals surface area (Å²) >= 11 is 11.8. The lowest BCUT2D eigenvalue weighted by Gasteiger charge is -2.17. The van der Waals surface area contributed by atoms with Crippen molar-refractivity contribution in [1.29, 1.82) is 0 Å². The Kier molecular flexibility index (Phi) is 6.23. The molecule has 0 aromatic carbocycles. The molecule has 0 unspecified atom stereocenters. The number of nitrogens with zero attached hydrogens (tertiary/aromatic N) is 2. The normalized spacial score (nSPS) is 18.2. The van der Waals surface area contributed by atoms with Crippen molar-refractivity contribution in [2.24, 2.45) is 5.92 Å². The van der Waals surface area contributed by atoms with Crippen molar-refractivity contribution < 1.29 is 14.3 Å². The number of carbonyl (C=O) groups excluding carboxylic acids is 1. The number of hydrogen-bond acceptors (Lipinski definition) is 4. The van der Waals surface area contributed by atoms with E-state index in [0.717, 1.165) is 6.42 Å². The molecule has 1 atom stereocenters. The summed E-state index contributed by atoms with van der Waals surface area (Å²) in [5.74, 6) is 0.158. The summed E-state index contributed by atoms with van der Waals surface area (Å²) in [4.78, 5) is 18.2. The Morgan fingerprint density at radius 3 is 3.00 bits per heavy atom. The molecule has 0 bridgehead atoms. The van der Waals surface area contributed by atoms with Crippen molar-refractivity contribution in [3.63, 3.8) is 0 Å². The average Bonchev–Trinajstić information content (AvgIpc) is 2.94. The summed E-state index contributed by atoms with van der Waals surface area (Å²) < 4.78 is 10.4. The maximum Gasteiger partial charge on any atom is 0.274 e. The van der Waals surface area contributed by atoms with Gasteiger partial charge in [-0.05, 0) is 18.6 Å². The highest BCUT2D eigenvalue weighted by Gasteiger charge is 2.29. The molecule has 0 spiro atoms. The summed E-state index contributed by atoms with van der Waals surface area (Å²) in [5.41, 5.74) is 0.213. The molecule has 1 fully saturated rings.